The van der Waals surface area contributed by atoms with E-state index in [2.05, 4.69) is 18.4 Å². The van der Waals surface area contributed by atoms with Gasteiger partial charge in [0.1, 0.15) is 5.75 Å². The van der Waals surface area contributed by atoms with Crippen molar-refractivity contribution in [1.82, 2.24) is 4.57 Å². The van der Waals surface area contributed by atoms with Crippen molar-refractivity contribution in [3.8, 4) is 5.75 Å². The maximum atomic E-state index is 12.6. The number of hydrogen-bond acceptors (Lipinski definition) is 2. The topological polar surface area (TPSA) is 31.2 Å². The molecular formula is C17H16ClNO2. The molecule has 0 bridgehead atoms. The van der Waals surface area contributed by atoms with Crippen LogP contribution in [0.1, 0.15) is 19.9 Å². The third kappa shape index (κ3) is 2.09. The number of rotatable bonds is 2. The standard InChI is InChI=1S/C17H16ClNO2/c1-10(2)19-14-7-5-4-6-11(14)12-8-16(21-3)13(18)9-15(20)17(12)19/h4-10H,1-3H3. The molecule has 3 rings (SSSR count). The van der Waals surface area contributed by atoms with E-state index < -0.39 is 0 Å². The van der Waals surface area contributed by atoms with Gasteiger partial charge < -0.3 is 9.30 Å². The summed E-state index contributed by atoms with van der Waals surface area (Å²) in [5, 5.41) is 2.23. The Morgan fingerprint density at radius 3 is 2.52 bits per heavy atom. The van der Waals surface area contributed by atoms with Gasteiger partial charge in [-0.05, 0) is 26.0 Å². The van der Waals surface area contributed by atoms with Crippen molar-refractivity contribution < 1.29 is 4.74 Å². The highest BCUT2D eigenvalue weighted by atomic mass is 35.5. The fraction of sp³-hybridized carbons (Fsp3) is 0.235. The maximum absolute atomic E-state index is 12.6. The summed E-state index contributed by atoms with van der Waals surface area (Å²) in [5.74, 6) is 0.510. The van der Waals surface area contributed by atoms with E-state index in [1.54, 1.807) is 7.11 Å². The fourth-order valence-electron chi connectivity index (χ4n) is 2.83. The lowest BCUT2D eigenvalue weighted by molar-refractivity contribution is 0.416. The van der Waals surface area contributed by atoms with E-state index in [1.807, 2.05) is 30.3 Å². The molecule has 2 aromatic carbocycles. The van der Waals surface area contributed by atoms with Crippen LogP contribution in [-0.4, -0.2) is 11.7 Å². The Morgan fingerprint density at radius 2 is 1.86 bits per heavy atom. The first-order chi connectivity index (χ1) is 10.0. The summed E-state index contributed by atoms with van der Waals surface area (Å²) in [6.07, 6.45) is 0. The van der Waals surface area contributed by atoms with E-state index in [1.165, 1.54) is 6.07 Å². The molecule has 0 aliphatic carbocycles. The number of fused-ring (bicyclic) bond motifs is 3. The minimum atomic E-state index is -0.0943. The molecule has 0 atom stereocenters. The molecule has 108 valence electrons. The van der Waals surface area contributed by atoms with Crippen LogP contribution in [-0.2, 0) is 0 Å². The van der Waals surface area contributed by atoms with Crippen LogP contribution < -0.4 is 10.2 Å². The summed E-state index contributed by atoms with van der Waals surface area (Å²) < 4.78 is 7.36. The lowest BCUT2D eigenvalue weighted by Gasteiger charge is -2.10. The SMILES string of the molecule is COc1cc2c3ccccc3n(C(C)C)c2c(=O)cc1Cl. The van der Waals surface area contributed by atoms with Crippen LogP contribution in [0.5, 0.6) is 5.75 Å². The van der Waals surface area contributed by atoms with Crippen LogP contribution in [0.4, 0.5) is 0 Å². The predicted molar refractivity (Wildman–Crippen MR) is 87.7 cm³/mol. The number of halogens is 1. The minimum Gasteiger partial charge on any atom is -0.495 e. The van der Waals surface area contributed by atoms with Crippen LogP contribution in [0.3, 0.4) is 0 Å². The summed E-state index contributed by atoms with van der Waals surface area (Å²) in [6.45, 7) is 4.13. The highest BCUT2D eigenvalue weighted by molar-refractivity contribution is 6.32. The predicted octanol–water partition coefficient (Wildman–Crippen LogP) is 4.40. The summed E-state index contributed by atoms with van der Waals surface area (Å²) >= 11 is 6.15. The largest absolute Gasteiger partial charge is 0.495 e. The summed E-state index contributed by atoms with van der Waals surface area (Å²) in [5.41, 5.74) is 1.61. The van der Waals surface area contributed by atoms with Gasteiger partial charge in [-0.2, -0.15) is 0 Å². The van der Waals surface area contributed by atoms with Crippen molar-refractivity contribution >= 4 is 33.4 Å². The normalized spacial score (nSPS) is 11.5. The third-order valence-corrected chi connectivity index (χ3v) is 3.98. The van der Waals surface area contributed by atoms with E-state index in [-0.39, 0.29) is 11.5 Å². The van der Waals surface area contributed by atoms with Crippen molar-refractivity contribution in [2.24, 2.45) is 0 Å². The highest BCUT2D eigenvalue weighted by Crippen LogP contribution is 2.33. The quantitative estimate of drug-likeness (QED) is 0.702. The Hall–Kier alpha value is -2.00. The molecule has 0 aliphatic rings. The molecule has 3 nitrogen and oxygen atoms in total. The molecule has 0 radical (unpaired) electrons. The van der Waals surface area contributed by atoms with Crippen LogP contribution in [0.15, 0.2) is 41.2 Å². The van der Waals surface area contributed by atoms with Crippen LogP contribution in [0.25, 0.3) is 21.8 Å². The highest BCUT2D eigenvalue weighted by Gasteiger charge is 2.16. The molecule has 1 heterocycles. The summed E-state index contributed by atoms with van der Waals surface area (Å²) in [7, 11) is 1.55. The van der Waals surface area contributed by atoms with E-state index in [0.717, 1.165) is 16.3 Å². The van der Waals surface area contributed by atoms with Gasteiger partial charge in [0.15, 0.2) is 0 Å². The minimum absolute atomic E-state index is 0.0943. The van der Waals surface area contributed by atoms with Gasteiger partial charge in [0, 0.05) is 28.4 Å². The van der Waals surface area contributed by atoms with Gasteiger partial charge in [-0.3, -0.25) is 4.79 Å². The lowest BCUT2D eigenvalue weighted by atomic mass is 10.2. The molecule has 0 amide bonds. The molecule has 0 saturated carbocycles. The molecule has 0 aliphatic heterocycles. The molecule has 0 spiro atoms. The first-order valence-electron chi connectivity index (χ1n) is 6.85. The molecule has 1 aromatic heterocycles. The second-order valence-electron chi connectivity index (χ2n) is 5.31. The van der Waals surface area contributed by atoms with E-state index in [4.69, 9.17) is 16.3 Å². The number of hydrogen-bond donors (Lipinski definition) is 0. The van der Waals surface area contributed by atoms with Gasteiger partial charge >= 0.3 is 0 Å². The number of para-hydroxylation sites is 1. The first kappa shape index (κ1) is 14.0. The monoisotopic (exact) mass is 301 g/mol. The third-order valence-electron chi connectivity index (χ3n) is 3.69. The second-order valence-corrected chi connectivity index (χ2v) is 5.72. The van der Waals surface area contributed by atoms with Gasteiger partial charge in [0.25, 0.3) is 0 Å². The van der Waals surface area contributed by atoms with Crippen LogP contribution in [0, 0.1) is 0 Å². The molecule has 0 fully saturated rings. The molecule has 3 aromatic rings. The Morgan fingerprint density at radius 1 is 1.14 bits per heavy atom. The van der Waals surface area contributed by atoms with E-state index in [9.17, 15) is 4.79 Å². The molecule has 0 N–H and O–H groups in total. The number of aromatic nitrogens is 1. The van der Waals surface area contributed by atoms with Crippen molar-refractivity contribution in [3.63, 3.8) is 0 Å². The van der Waals surface area contributed by atoms with E-state index >= 15 is 0 Å². The van der Waals surface area contributed by atoms with Gasteiger partial charge in [0.2, 0.25) is 5.43 Å². The number of benzene rings is 1. The Kier molecular flexibility index (Phi) is 3.38. The first-order valence-corrected chi connectivity index (χ1v) is 7.23. The van der Waals surface area contributed by atoms with E-state index in [0.29, 0.717) is 16.3 Å². The number of nitrogens with zero attached hydrogens (tertiary/aromatic N) is 1. The summed E-state index contributed by atoms with van der Waals surface area (Å²) in [6, 6.07) is 11.5. The van der Waals surface area contributed by atoms with Gasteiger partial charge in [-0.1, -0.05) is 29.8 Å². The van der Waals surface area contributed by atoms with Crippen LogP contribution in [0.2, 0.25) is 5.02 Å². The van der Waals surface area contributed by atoms with Crippen molar-refractivity contribution in [1.29, 1.82) is 0 Å². The molecule has 4 heteroatoms. The molecule has 0 saturated heterocycles. The summed E-state index contributed by atoms with van der Waals surface area (Å²) in [4.78, 5) is 12.6. The van der Waals surface area contributed by atoms with Crippen molar-refractivity contribution in [2.75, 3.05) is 7.11 Å². The Bertz CT molecular complexity index is 897. The average Bonchev–Trinajstić information content (AvgIpc) is 2.72. The zero-order valence-corrected chi connectivity index (χ0v) is 12.9. The Labute approximate surface area is 127 Å². The maximum Gasteiger partial charge on any atom is 0.204 e. The van der Waals surface area contributed by atoms with Crippen molar-refractivity contribution in [3.05, 3.63) is 51.6 Å². The molecular weight excluding hydrogens is 286 g/mol. The zero-order valence-electron chi connectivity index (χ0n) is 12.2. The van der Waals surface area contributed by atoms with Crippen LogP contribution >= 0.6 is 11.6 Å². The molecule has 0 unspecified atom stereocenters. The fourth-order valence-corrected chi connectivity index (χ4v) is 3.07. The van der Waals surface area contributed by atoms with Gasteiger partial charge in [-0.25, -0.2) is 0 Å². The number of methoxy groups -OCH3 is 1. The second kappa shape index (κ2) is 5.08. The van der Waals surface area contributed by atoms with Crippen molar-refractivity contribution in [2.45, 2.75) is 19.9 Å². The Balaban J connectivity index is 2.67. The smallest absolute Gasteiger partial charge is 0.204 e. The lowest BCUT2D eigenvalue weighted by Crippen LogP contribution is -2.07. The zero-order chi connectivity index (χ0) is 15.1. The molecule has 21 heavy (non-hydrogen) atoms. The van der Waals surface area contributed by atoms with Gasteiger partial charge in [-0.15, -0.1) is 0 Å². The number of ether oxygens (including phenoxy) is 1. The average molecular weight is 302 g/mol. The van der Waals surface area contributed by atoms with Gasteiger partial charge in [0.05, 0.1) is 17.6 Å².